The minimum atomic E-state index is -3.79. The molecule has 0 saturated carbocycles. The van der Waals surface area contributed by atoms with Crippen molar-refractivity contribution in [1.29, 1.82) is 0 Å². The molecular weight excluding hydrogens is 300 g/mol. The summed E-state index contributed by atoms with van der Waals surface area (Å²) in [5.41, 5.74) is 0.461. The minimum Gasteiger partial charge on any atom is -0.479 e. The predicted octanol–water partition coefficient (Wildman–Crippen LogP) is -0.241. The summed E-state index contributed by atoms with van der Waals surface area (Å²) in [5.74, 6) is -1.68. The smallest absolute Gasteiger partial charge is 0.332 e. The number of hydrogen-bond acceptors (Lipinski definition) is 5. The van der Waals surface area contributed by atoms with Gasteiger partial charge in [0.25, 0.3) is 0 Å². The summed E-state index contributed by atoms with van der Waals surface area (Å²) >= 11 is 0. The van der Waals surface area contributed by atoms with E-state index in [1.165, 1.54) is 31.2 Å². The number of hydrogen-bond donors (Lipinski definition) is 4. The summed E-state index contributed by atoms with van der Waals surface area (Å²) in [6, 6.07) is 5.48. The number of aliphatic hydroxyl groups excluding tert-OH is 1. The molecule has 0 spiro atoms. The molecule has 0 fully saturated rings. The van der Waals surface area contributed by atoms with E-state index in [1.54, 1.807) is 0 Å². The average molecular weight is 316 g/mol. The summed E-state index contributed by atoms with van der Waals surface area (Å²) in [5, 5.41) is 20.0. The Balaban J connectivity index is 2.66. The van der Waals surface area contributed by atoms with Crippen LogP contribution >= 0.6 is 0 Å². The highest BCUT2D eigenvalue weighted by Crippen LogP contribution is 2.13. The number of carbonyl (C=O) groups excluding carboxylic acids is 1. The van der Waals surface area contributed by atoms with Gasteiger partial charge >= 0.3 is 5.97 Å². The zero-order chi connectivity index (χ0) is 16.0. The Labute approximate surface area is 121 Å². The number of nitrogens with one attached hydrogen (secondary N) is 2. The minimum absolute atomic E-state index is 0.0265. The van der Waals surface area contributed by atoms with Gasteiger partial charge in [0, 0.05) is 19.2 Å². The van der Waals surface area contributed by atoms with Crippen molar-refractivity contribution in [3.63, 3.8) is 0 Å². The summed E-state index contributed by atoms with van der Waals surface area (Å²) in [4.78, 5) is 21.2. The van der Waals surface area contributed by atoms with Crippen molar-refractivity contribution in [2.75, 3.05) is 11.9 Å². The normalized spacial score (nSPS) is 12.7. The quantitative estimate of drug-likeness (QED) is 0.548. The number of carboxylic acid groups (broad SMARTS) is 1. The third-order valence-corrected chi connectivity index (χ3v) is 3.96. The highest BCUT2D eigenvalue weighted by Gasteiger charge is 2.17. The molecule has 0 aliphatic heterocycles. The van der Waals surface area contributed by atoms with Crippen LogP contribution in [0, 0.1) is 0 Å². The van der Waals surface area contributed by atoms with Crippen LogP contribution in [0.2, 0.25) is 0 Å². The fourth-order valence-electron chi connectivity index (χ4n) is 1.46. The van der Waals surface area contributed by atoms with E-state index in [-0.39, 0.29) is 23.8 Å². The third-order valence-electron chi connectivity index (χ3n) is 2.48. The van der Waals surface area contributed by atoms with E-state index in [2.05, 4.69) is 10.0 Å². The van der Waals surface area contributed by atoms with Gasteiger partial charge in [0.1, 0.15) is 0 Å². The van der Waals surface area contributed by atoms with Crippen LogP contribution in [0.5, 0.6) is 0 Å². The van der Waals surface area contributed by atoms with Crippen LogP contribution in [0.4, 0.5) is 5.69 Å². The first-order chi connectivity index (χ1) is 9.72. The van der Waals surface area contributed by atoms with E-state index < -0.39 is 22.1 Å². The number of rotatable bonds is 7. The van der Waals surface area contributed by atoms with E-state index in [1.807, 2.05) is 0 Å². The molecule has 116 valence electrons. The van der Waals surface area contributed by atoms with Crippen molar-refractivity contribution in [2.24, 2.45) is 0 Å². The molecule has 1 aromatic rings. The van der Waals surface area contributed by atoms with Gasteiger partial charge in [0.05, 0.1) is 4.90 Å². The van der Waals surface area contributed by atoms with Crippen LogP contribution in [0.25, 0.3) is 0 Å². The van der Waals surface area contributed by atoms with Crippen molar-refractivity contribution in [3.8, 4) is 0 Å². The van der Waals surface area contributed by atoms with Crippen molar-refractivity contribution in [2.45, 2.75) is 24.3 Å². The van der Waals surface area contributed by atoms with E-state index in [4.69, 9.17) is 10.2 Å². The average Bonchev–Trinajstić information content (AvgIpc) is 2.38. The number of anilines is 1. The van der Waals surface area contributed by atoms with Crippen LogP contribution in [0.3, 0.4) is 0 Å². The number of sulfonamides is 1. The van der Waals surface area contributed by atoms with Crippen LogP contribution < -0.4 is 10.0 Å². The SMILES string of the molecule is CC(=O)Nc1ccc(S(=O)(=O)NCCC(O)C(=O)O)cc1. The molecule has 1 atom stereocenters. The van der Waals surface area contributed by atoms with E-state index in [9.17, 15) is 18.0 Å². The van der Waals surface area contributed by atoms with Crippen LogP contribution in [-0.4, -0.2) is 43.2 Å². The van der Waals surface area contributed by atoms with Gasteiger partial charge in [-0.15, -0.1) is 0 Å². The first-order valence-corrected chi connectivity index (χ1v) is 7.49. The summed E-state index contributed by atoms with van der Waals surface area (Å²) in [7, 11) is -3.79. The molecule has 0 radical (unpaired) electrons. The maximum absolute atomic E-state index is 11.9. The topological polar surface area (TPSA) is 133 Å². The van der Waals surface area contributed by atoms with Gasteiger partial charge in [-0.25, -0.2) is 17.9 Å². The summed E-state index contributed by atoms with van der Waals surface area (Å²) in [6.07, 6.45) is -1.85. The second kappa shape index (κ2) is 7.16. The zero-order valence-electron chi connectivity index (χ0n) is 11.2. The molecule has 0 aromatic heterocycles. The molecule has 0 aliphatic rings. The Kier molecular flexibility index (Phi) is 5.82. The highest BCUT2D eigenvalue weighted by molar-refractivity contribution is 7.89. The number of benzene rings is 1. The Morgan fingerprint density at radius 3 is 2.29 bits per heavy atom. The van der Waals surface area contributed by atoms with Gasteiger partial charge in [-0.3, -0.25) is 4.79 Å². The number of aliphatic carboxylic acids is 1. The van der Waals surface area contributed by atoms with Crippen molar-refractivity contribution < 1.29 is 28.2 Å². The van der Waals surface area contributed by atoms with Crippen molar-refractivity contribution in [1.82, 2.24) is 4.72 Å². The Bertz CT molecular complexity index is 611. The molecule has 1 rings (SSSR count). The standard InChI is InChI=1S/C12H16N2O6S/c1-8(15)14-9-2-4-10(5-3-9)21(19,20)13-7-6-11(16)12(17)18/h2-5,11,13,16H,6-7H2,1H3,(H,14,15)(H,17,18). The lowest BCUT2D eigenvalue weighted by Crippen LogP contribution is -2.30. The molecule has 0 aliphatic carbocycles. The number of carboxylic acids is 1. The molecule has 8 nitrogen and oxygen atoms in total. The molecule has 0 bridgehead atoms. The predicted molar refractivity (Wildman–Crippen MR) is 74.2 cm³/mol. The molecule has 9 heteroatoms. The number of amides is 1. The molecule has 4 N–H and O–H groups in total. The Hall–Kier alpha value is -1.97. The van der Waals surface area contributed by atoms with Gasteiger partial charge in [0.15, 0.2) is 6.10 Å². The third kappa shape index (κ3) is 5.50. The maximum atomic E-state index is 11.9. The molecule has 1 amide bonds. The maximum Gasteiger partial charge on any atom is 0.332 e. The Morgan fingerprint density at radius 1 is 1.24 bits per heavy atom. The molecule has 0 saturated heterocycles. The second-order valence-electron chi connectivity index (χ2n) is 4.25. The molecule has 21 heavy (non-hydrogen) atoms. The second-order valence-corrected chi connectivity index (χ2v) is 6.01. The van der Waals surface area contributed by atoms with E-state index in [0.717, 1.165) is 0 Å². The molecule has 1 aromatic carbocycles. The largest absolute Gasteiger partial charge is 0.479 e. The number of carbonyl (C=O) groups is 2. The van der Waals surface area contributed by atoms with Crippen molar-refractivity contribution in [3.05, 3.63) is 24.3 Å². The van der Waals surface area contributed by atoms with Gasteiger partial charge in [0.2, 0.25) is 15.9 Å². The molecule has 0 heterocycles. The first kappa shape index (κ1) is 17.1. The van der Waals surface area contributed by atoms with E-state index in [0.29, 0.717) is 5.69 Å². The Morgan fingerprint density at radius 2 is 1.81 bits per heavy atom. The molecule has 1 unspecified atom stereocenters. The fourth-order valence-corrected chi connectivity index (χ4v) is 2.51. The van der Waals surface area contributed by atoms with Crippen LogP contribution in [0.1, 0.15) is 13.3 Å². The summed E-state index contributed by atoms with van der Waals surface area (Å²) < 4.78 is 26.0. The highest BCUT2D eigenvalue weighted by atomic mass is 32.2. The monoisotopic (exact) mass is 316 g/mol. The van der Waals surface area contributed by atoms with Gasteiger partial charge in [-0.05, 0) is 30.7 Å². The lowest BCUT2D eigenvalue weighted by molar-refractivity contribution is -0.146. The van der Waals surface area contributed by atoms with Gasteiger partial charge in [-0.1, -0.05) is 0 Å². The fraction of sp³-hybridized carbons (Fsp3) is 0.333. The van der Waals surface area contributed by atoms with Crippen LogP contribution in [0.15, 0.2) is 29.2 Å². The van der Waals surface area contributed by atoms with E-state index >= 15 is 0 Å². The lowest BCUT2D eigenvalue weighted by Gasteiger charge is -2.09. The van der Waals surface area contributed by atoms with Crippen LogP contribution in [-0.2, 0) is 19.6 Å². The van der Waals surface area contributed by atoms with Gasteiger partial charge in [-0.2, -0.15) is 0 Å². The lowest BCUT2D eigenvalue weighted by atomic mass is 10.3. The molecular formula is C12H16N2O6S. The zero-order valence-corrected chi connectivity index (χ0v) is 12.1. The van der Waals surface area contributed by atoms with Crippen molar-refractivity contribution >= 4 is 27.6 Å². The summed E-state index contributed by atoms with van der Waals surface area (Å²) in [6.45, 7) is 1.13. The first-order valence-electron chi connectivity index (χ1n) is 6.00. The van der Waals surface area contributed by atoms with Gasteiger partial charge < -0.3 is 15.5 Å². The number of aliphatic hydroxyl groups is 1.